The molecule has 0 radical (unpaired) electrons. The first-order chi connectivity index (χ1) is 14.8. The summed E-state index contributed by atoms with van der Waals surface area (Å²) in [5, 5.41) is 21.1. The van der Waals surface area contributed by atoms with Crippen LogP contribution in [0.1, 0.15) is 52.4 Å². The van der Waals surface area contributed by atoms with E-state index >= 15 is 0 Å². The first kappa shape index (κ1) is 21.6. The Bertz CT molecular complexity index is 1040. The number of ketones is 3. The number of hydrogen-bond acceptors (Lipinski definition) is 9. The molecule has 1 aliphatic carbocycles. The maximum absolute atomic E-state index is 13.3. The van der Waals surface area contributed by atoms with Crippen LogP contribution in [0.15, 0.2) is 29.4 Å². The summed E-state index contributed by atoms with van der Waals surface area (Å²) in [6.45, 7) is 3.46. The molecule has 2 aromatic rings. The molecular formula is C22H22N2O6S. The maximum Gasteiger partial charge on any atom is 0.316 e. The van der Waals surface area contributed by atoms with Crippen LogP contribution in [0, 0.1) is 19.8 Å². The van der Waals surface area contributed by atoms with Gasteiger partial charge in [0.25, 0.3) is 0 Å². The number of aryl methyl sites for hydroxylation is 1. The zero-order valence-electron chi connectivity index (χ0n) is 17.1. The molecule has 9 heteroatoms. The van der Waals surface area contributed by atoms with E-state index in [0.29, 0.717) is 28.0 Å². The first-order valence-electron chi connectivity index (χ1n) is 9.99. The van der Waals surface area contributed by atoms with Crippen molar-refractivity contribution in [3.8, 4) is 6.01 Å². The van der Waals surface area contributed by atoms with Gasteiger partial charge in [-0.1, -0.05) is 11.8 Å². The Morgan fingerprint density at radius 3 is 2.42 bits per heavy atom. The van der Waals surface area contributed by atoms with E-state index in [1.807, 2.05) is 0 Å². The highest BCUT2D eigenvalue weighted by atomic mass is 32.2. The average molecular weight is 442 g/mol. The third-order valence-corrected chi connectivity index (χ3v) is 6.99. The van der Waals surface area contributed by atoms with Gasteiger partial charge in [-0.3, -0.25) is 14.4 Å². The fourth-order valence-corrected chi connectivity index (χ4v) is 5.29. The second-order valence-electron chi connectivity index (χ2n) is 7.76. The van der Waals surface area contributed by atoms with Crippen LogP contribution in [0.3, 0.4) is 0 Å². The zero-order valence-corrected chi connectivity index (χ0v) is 17.9. The highest BCUT2D eigenvalue weighted by Crippen LogP contribution is 2.46. The van der Waals surface area contributed by atoms with Gasteiger partial charge in [0.05, 0.1) is 0 Å². The summed E-state index contributed by atoms with van der Waals surface area (Å²) in [7, 11) is 0. The summed E-state index contributed by atoms with van der Waals surface area (Å²) >= 11 is 1.07. The number of Topliss-reactive ketones (excluding diaryl/α,β-unsaturated/α-hetero) is 3. The summed E-state index contributed by atoms with van der Waals surface area (Å²) < 4.78 is 5.83. The number of benzene rings is 1. The third-order valence-electron chi connectivity index (χ3n) is 5.69. The normalized spacial score (nSPS) is 24.1. The van der Waals surface area contributed by atoms with Crippen LogP contribution in [0.4, 0.5) is 0 Å². The molecule has 1 aromatic heterocycles. The van der Waals surface area contributed by atoms with Gasteiger partial charge in [0.1, 0.15) is 17.5 Å². The van der Waals surface area contributed by atoms with Gasteiger partial charge in [-0.15, -0.1) is 0 Å². The SMILES string of the molecule is Cc1cc(C(=O)C2C(=O)CCCC2=O)c(C)c2c1SC(O)C(O)C2Oc1ncccn1. The third kappa shape index (κ3) is 3.88. The Morgan fingerprint density at radius 2 is 1.77 bits per heavy atom. The van der Waals surface area contributed by atoms with Gasteiger partial charge in [-0.2, -0.15) is 0 Å². The molecule has 3 atom stereocenters. The highest BCUT2D eigenvalue weighted by molar-refractivity contribution is 8.00. The molecule has 2 N–H and O–H groups in total. The quantitative estimate of drug-likeness (QED) is 0.541. The molecule has 1 aromatic carbocycles. The van der Waals surface area contributed by atoms with Gasteiger partial charge in [-0.25, -0.2) is 9.97 Å². The fourth-order valence-electron chi connectivity index (χ4n) is 4.13. The number of aliphatic hydroxyl groups is 2. The van der Waals surface area contributed by atoms with Crippen molar-refractivity contribution in [2.45, 2.75) is 55.6 Å². The standard InChI is InChI=1S/C22H22N2O6S/c1-10-9-12(17(27)16-13(25)5-3-6-14(16)26)11(2)15-19(18(28)21(29)31-20(10)15)30-22-23-7-4-8-24-22/h4,7-9,16,18-19,21,28-29H,3,5-6H2,1-2H3. The molecule has 1 fully saturated rings. The topological polar surface area (TPSA) is 127 Å². The summed E-state index contributed by atoms with van der Waals surface area (Å²) in [5.74, 6) is -2.52. The molecule has 0 amide bonds. The van der Waals surface area contributed by atoms with Gasteiger partial charge in [0.2, 0.25) is 0 Å². The van der Waals surface area contributed by atoms with Gasteiger partial charge in [0, 0.05) is 41.3 Å². The Hall–Kier alpha value is -2.62. The zero-order chi connectivity index (χ0) is 22.3. The minimum absolute atomic E-state index is 0.0167. The molecule has 8 nitrogen and oxygen atoms in total. The van der Waals surface area contributed by atoms with Crippen LogP contribution in [0.5, 0.6) is 6.01 Å². The van der Waals surface area contributed by atoms with Crippen molar-refractivity contribution < 1.29 is 29.3 Å². The van der Waals surface area contributed by atoms with E-state index in [4.69, 9.17) is 4.74 Å². The Kier molecular flexibility index (Phi) is 5.92. The van der Waals surface area contributed by atoms with E-state index in [2.05, 4.69) is 9.97 Å². The van der Waals surface area contributed by atoms with Crippen molar-refractivity contribution in [1.29, 1.82) is 0 Å². The second-order valence-corrected chi connectivity index (χ2v) is 8.89. The summed E-state index contributed by atoms with van der Waals surface area (Å²) in [6, 6.07) is 3.27. The first-order valence-corrected chi connectivity index (χ1v) is 10.9. The van der Waals surface area contributed by atoms with E-state index in [1.165, 1.54) is 12.4 Å². The average Bonchev–Trinajstić information content (AvgIpc) is 2.74. The van der Waals surface area contributed by atoms with Gasteiger partial charge in [0.15, 0.2) is 23.5 Å². The van der Waals surface area contributed by atoms with Gasteiger partial charge in [-0.05, 0) is 43.5 Å². The van der Waals surface area contributed by atoms with E-state index in [-0.39, 0.29) is 36.0 Å². The monoisotopic (exact) mass is 442 g/mol. The number of aliphatic hydroxyl groups excluding tert-OH is 2. The molecule has 1 saturated carbocycles. The molecule has 0 spiro atoms. The lowest BCUT2D eigenvalue weighted by Gasteiger charge is -2.35. The molecule has 31 heavy (non-hydrogen) atoms. The van der Waals surface area contributed by atoms with Crippen LogP contribution in [0.25, 0.3) is 0 Å². The Balaban J connectivity index is 1.81. The molecule has 2 aliphatic rings. The molecular weight excluding hydrogens is 420 g/mol. The summed E-state index contributed by atoms with van der Waals surface area (Å²) in [5.41, 5.74) is 0.794. The van der Waals surface area contributed by atoms with E-state index in [9.17, 15) is 24.6 Å². The summed E-state index contributed by atoms with van der Waals surface area (Å²) in [6.07, 6.45) is 1.54. The molecule has 4 rings (SSSR count). The maximum atomic E-state index is 13.3. The lowest BCUT2D eigenvalue weighted by molar-refractivity contribution is -0.133. The number of hydrogen-bond donors (Lipinski definition) is 2. The van der Waals surface area contributed by atoms with Crippen molar-refractivity contribution >= 4 is 29.1 Å². The summed E-state index contributed by atoms with van der Waals surface area (Å²) in [4.78, 5) is 46.7. The van der Waals surface area contributed by atoms with Gasteiger partial charge < -0.3 is 14.9 Å². The Morgan fingerprint density at radius 1 is 1.13 bits per heavy atom. The lowest BCUT2D eigenvalue weighted by atomic mass is 9.79. The molecule has 162 valence electrons. The molecule has 0 bridgehead atoms. The van der Waals surface area contributed by atoms with E-state index in [1.54, 1.807) is 26.0 Å². The number of carbonyl (C=O) groups is 3. The van der Waals surface area contributed by atoms with Crippen molar-refractivity contribution in [2.75, 3.05) is 0 Å². The van der Waals surface area contributed by atoms with Crippen LogP contribution in [0.2, 0.25) is 0 Å². The smallest absolute Gasteiger partial charge is 0.316 e. The van der Waals surface area contributed by atoms with Crippen molar-refractivity contribution in [3.63, 3.8) is 0 Å². The highest BCUT2D eigenvalue weighted by Gasteiger charge is 2.42. The van der Waals surface area contributed by atoms with E-state index in [0.717, 1.165) is 11.8 Å². The van der Waals surface area contributed by atoms with Crippen LogP contribution >= 0.6 is 11.8 Å². The number of rotatable bonds is 4. The molecule has 0 saturated heterocycles. The van der Waals surface area contributed by atoms with Crippen LogP contribution < -0.4 is 4.74 Å². The number of carbonyl (C=O) groups excluding carboxylic acids is 3. The molecule has 1 aliphatic heterocycles. The second kappa shape index (κ2) is 8.49. The number of aromatic nitrogens is 2. The predicted molar refractivity (Wildman–Crippen MR) is 111 cm³/mol. The van der Waals surface area contributed by atoms with Crippen molar-refractivity contribution in [1.82, 2.24) is 9.97 Å². The van der Waals surface area contributed by atoms with Crippen LogP contribution in [-0.2, 0) is 9.59 Å². The number of ether oxygens (including phenoxy) is 1. The lowest BCUT2D eigenvalue weighted by Crippen LogP contribution is -2.39. The van der Waals surface area contributed by atoms with Crippen LogP contribution in [-0.4, -0.2) is 49.1 Å². The number of thioether (sulfide) groups is 1. The Labute approximate surface area is 183 Å². The largest absolute Gasteiger partial charge is 0.452 e. The number of fused-ring (bicyclic) bond motifs is 1. The van der Waals surface area contributed by atoms with E-state index < -0.39 is 29.3 Å². The molecule has 3 unspecified atom stereocenters. The predicted octanol–water partition coefficient (Wildman–Crippen LogP) is 2.12. The van der Waals surface area contributed by atoms with Gasteiger partial charge >= 0.3 is 6.01 Å². The van der Waals surface area contributed by atoms with Crippen molar-refractivity contribution in [3.05, 3.63) is 46.8 Å². The number of nitrogens with zero attached hydrogens (tertiary/aromatic N) is 2. The van der Waals surface area contributed by atoms with Crippen molar-refractivity contribution in [2.24, 2.45) is 5.92 Å². The molecule has 2 heterocycles. The fraction of sp³-hybridized carbons (Fsp3) is 0.409. The minimum Gasteiger partial charge on any atom is -0.452 e. The minimum atomic E-state index is -1.30.